The molecule has 11 heavy (non-hydrogen) atoms. The minimum absolute atomic E-state index is 0.167. The molecule has 60 valence electrons. The second-order valence-corrected chi connectivity index (χ2v) is 3.65. The SMILES string of the molecule is O=C(O)CCc1scnc1Br. The van der Waals surface area contributed by atoms with Crippen molar-refractivity contribution < 1.29 is 9.90 Å². The van der Waals surface area contributed by atoms with Crippen molar-refractivity contribution in [2.45, 2.75) is 12.8 Å². The number of halogens is 1. The van der Waals surface area contributed by atoms with Crippen molar-refractivity contribution in [2.24, 2.45) is 0 Å². The molecular weight excluding hydrogens is 230 g/mol. The summed E-state index contributed by atoms with van der Waals surface area (Å²) in [5, 5.41) is 8.37. The highest BCUT2D eigenvalue weighted by Crippen LogP contribution is 2.20. The van der Waals surface area contributed by atoms with E-state index in [-0.39, 0.29) is 6.42 Å². The van der Waals surface area contributed by atoms with Crippen LogP contribution in [0.1, 0.15) is 11.3 Å². The summed E-state index contributed by atoms with van der Waals surface area (Å²) in [7, 11) is 0. The highest BCUT2D eigenvalue weighted by molar-refractivity contribution is 9.10. The molecule has 1 N–H and O–H groups in total. The van der Waals surface area contributed by atoms with Gasteiger partial charge in [0.1, 0.15) is 4.60 Å². The first-order chi connectivity index (χ1) is 5.20. The van der Waals surface area contributed by atoms with Crippen LogP contribution < -0.4 is 0 Å². The molecule has 1 aromatic rings. The first-order valence-electron chi connectivity index (χ1n) is 3.00. The molecule has 1 rings (SSSR count). The summed E-state index contributed by atoms with van der Waals surface area (Å²) in [6, 6.07) is 0. The maximum absolute atomic E-state index is 10.2. The average molecular weight is 236 g/mol. The van der Waals surface area contributed by atoms with E-state index in [2.05, 4.69) is 20.9 Å². The van der Waals surface area contributed by atoms with Crippen molar-refractivity contribution in [2.75, 3.05) is 0 Å². The molecule has 1 aromatic heterocycles. The summed E-state index contributed by atoms with van der Waals surface area (Å²) in [5.41, 5.74) is 1.70. The monoisotopic (exact) mass is 235 g/mol. The van der Waals surface area contributed by atoms with Gasteiger partial charge in [0.05, 0.1) is 11.9 Å². The Bertz CT molecular complexity index is 261. The van der Waals surface area contributed by atoms with Crippen LogP contribution in [0.15, 0.2) is 10.1 Å². The number of hydrogen-bond donors (Lipinski definition) is 1. The number of aryl methyl sites for hydroxylation is 1. The van der Waals surface area contributed by atoms with Gasteiger partial charge in [-0.3, -0.25) is 4.79 Å². The van der Waals surface area contributed by atoms with E-state index >= 15 is 0 Å². The van der Waals surface area contributed by atoms with Gasteiger partial charge in [-0.05, 0) is 22.4 Å². The molecule has 0 aliphatic heterocycles. The van der Waals surface area contributed by atoms with Crippen molar-refractivity contribution in [1.29, 1.82) is 0 Å². The van der Waals surface area contributed by atoms with Crippen molar-refractivity contribution in [3.05, 3.63) is 15.0 Å². The van der Waals surface area contributed by atoms with Gasteiger partial charge in [-0.2, -0.15) is 0 Å². The molecule has 0 aromatic carbocycles. The zero-order chi connectivity index (χ0) is 8.27. The number of rotatable bonds is 3. The van der Waals surface area contributed by atoms with Gasteiger partial charge in [-0.1, -0.05) is 0 Å². The summed E-state index contributed by atoms with van der Waals surface area (Å²) >= 11 is 4.69. The van der Waals surface area contributed by atoms with Gasteiger partial charge < -0.3 is 5.11 Å². The second-order valence-electron chi connectivity index (χ2n) is 1.96. The lowest BCUT2D eigenvalue weighted by molar-refractivity contribution is -0.136. The van der Waals surface area contributed by atoms with Crippen LogP contribution in [0.25, 0.3) is 0 Å². The van der Waals surface area contributed by atoms with E-state index < -0.39 is 5.97 Å². The third kappa shape index (κ3) is 2.59. The zero-order valence-electron chi connectivity index (χ0n) is 5.58. The maximum atomic E-state index is 10.2. The van der Waals surface area contributed by atoms with Crippen LogP contribution in [0.2, 0.25) is 0 Å². The molecule has 0 saturated carbocycles. The molecule has 0 bridgehead atoms. The summed E-state index contributed by atoms with van der Waals surface area (Å²) in [6.45, 7) is 0. The van der Waals surface area contributed by atoms with E-state index in [4.69, 9.17) is 5.11 Å². The summed E-state index contributed by atoms with van der Waals surface area (Å²) < 4.78 is 0.767. The van der Waals surface area contributed by atoms with Gasteiger partial charge in [0.25, 0.3) is 0 Å². The van der Waals surface area contributed by atoms with Crippen LogP contribution >= 0.6 is 27.3 Å². The molecule has 0 saturated heterocycles. The molecule has 0 spiro atoms. The third-order valence-electron chi connectivity index (χ3n) is 1.16. The first-order valence-corrected chi connectivity index (χ1v) is 4.67. The molecule has 0 amide bonds. The average Bonchev–Trinajstić information content (AvgIpc) is 2.31. The molecule has 1 heterocycles. The normalized spacial score (nSPS) is 9.91. The molecule has 0 fully saturated rings. The summed E-state index contributed by atoms with van der Waals surface area (Å²) in [5.74, 6) is -0.773. The Hall–Kier alpha value is -0.420. The number of aliphatic carboxylic acids is 1. The first kappa shape index (κ1) is 8.67. The van der Waals surface area contributed by atoms with Crippen molar-refractivity contribution in [3.8, 4) is 0 Å². The van der Waals surface area contributed by atoms with E-state index in [1.54, 1.807) is 5.51 Å². The lowest BCUT2D eigenvalue weighted by Crippen LogP contribution is -1.96. The third-order valence-corrected chi connectivity index (χ3v) is 3.00. The quantitative estimate of drug-likeness (QED) is 0.872. The van der Waals surface area contributed by atoms with Gasteiger partial charge in [0.15, 0.2) is 0 Å². The summed E-state index contributed by atoms with van der Waals surface area (Å²) in [6.07, 6.45) is 0.724. The smallest absolute Gasteiger partial charge is 0.303 e. The molecule has 0 radical (unpaired) electrons. The zero-order valence-corrected chi connectivity index (χ0v) is 7.98. The fourth-order valence-corrected chi connectivity index (χ4v) is 2.01. The molecule has 0 atom stereocenters. The van der Waals surface area contributed by atoms with Crippen LogP contribution in [0, 0.1) is 0 Å². The van der Waals surface area contributed by atoms with Gasteiger partial charge in [0.2, 0.25) is 0 Å². The Labute approximate surface area is 76.2 Å². The second kappa shape index (κ2) is 3.82. The van der Waals surface area contributed by atoms with Crippen LogP contribution in [0.5, 0.6) is 0 Å². The Morgan fingerprint density at radius 3 is 3.00 bits per heavy atom. The van der Waals surface area contributed by atoms with Crippen molar-refractivity contribution in [1.82, 2.24) is 4.98 Å². The molecule has 0 aliphatic rings. The fraction of sp³-hybridized carbons (Fsp3) is 0.333. The molecule has 0 unspecified atom stereocenters. The van der Waals surface area contributed by atoms with Crippen molar-refractivity contribution >= 4 is 33.2 Å². The van der Waals surface area contributed by atoms with Crippen LogP contribution in [0.4, 0.5) is 0 Å². The predicted molar refractivity (Wildman–Crippen MR) is 45.8 cm³/mol. The summed E-state index contributed by atoms with van der Waals surface area (Å²) in [4.78, 5) is 15.1. The molecule has 5 heteroatoms. The Balaban J connectivity index is 2.51. The van der Waals surface area contributed by atoms with Crippen molar-refractivity contribution in [3.63, 3.8) is 0 Å². The predicted octanol–water partition coefficient (Wildman–Crippen LogP) is 1.92. The fourth-order valence-electron chi connectivity index (χ4n) is 0.639. The number of carboxylic acid groups (broad SMARTS) is 1. The van der Waals surface area contributed by atoms with Gasteiger partial charge in [-0.25, -0.2) is 4.98 Å². The van der Waals surface area contributed by atoms with Gasteiger partial charge in [0, 0.05) is 4.88 Å². The Morgan fingerprint density at radius 2 is 2.55 bits per heavy atom. The highest BCUT2D eigenvalue weighted by atomic mass is 79.9. The minimum atomic E-state index is -0.773. The maximum Gasteiger partial charge on any atom is 0.303 e. The van der Waals surface area contributed by atoms with Gasteiger partial charge >= 0.3 is 5.97 Å². The number of aromatic nitrogens is 1. The Kier molecular flexibility index (Phi) is 3.02. The highest BCUT2D eigenvalue weighted by Gasteiger charge is 2.04. The lowest BCUT2D eigenvalue weighted by atomic mass is 10.3. The minimum Gasteiger partial charge on any atom is -0.481 e. The standard InChI is InChI=1S/C6H6BrNO2S/c7-6-4(11-3-8-6)1-2-5(9)10/h3H,1-2H2,(H,9,10). The van der Waals surface area contributed by atoms with E-state index in [9.17, 15) is 4.79 Å². The Morgan fingerprint density at radius 1 is 1.82 bits per heavy atom. The van der Waals surface area contributed by atoms with E-state index in [1.807, 2.05) is 0 Å². The molecule has 0 aliphatic carbocycles. The number of nitrogens with zero attached hydrogens (tertiary/aromatic N) is 1. The van der Waals surface area contributed by atoms with E-state index in [1.165, 1.54) is 11.3 Å². The van der Waals surface area contributed by atoms with E-state index in [0.717, 1.165) is 9.48 Å². The number of carboxylic acids is 1. The lowest BCUT2D eigenvalue weighted by Gasteiger charge is -1.91. The number of hydrogen-bond acceptors (Lipinski definition) is 3. The number of thiazole rings is 1. The van der Waals surface area contributed by atoms with Crippen LogP contribution in [-0.4, -0.2) is 16.1 Å². The van der Waals surface area contributed by atoms with E-state index in [0.29, 0.717) is 6.42 Å². The molecular formula is C6H6BrNO2S. The number of carbonyl (C=O) groups is 1. The topological polar surface area (TPSA) is 50.2 Å². The van der Waals surface area contributed by atoms with Gasteiger partial charge in [-0.15, -0.1) is 11.3 Å². The molecule has 3 nitrogen and oxygen atoms in total. The van der Waals surface area contributed by atoms with Crippen LogP contribution in [-0.2, 0) is 11.2 Å². The van der Waals surface area contributed by atoms with Crippen LogP contribution in [0.3, 0.4) is 0 Å². The largest absolute Gasteiger partial charge is 0.481 e.